The molecule has 3 nitrogen and oxygen atoms in total. The highest BCUT2D eigenvalue weighted by molar-refractivity contribution is 9.10. The first-order chi connectivity index (χ1) is 10.7. The number of halogens is 1. The van der Waals surface area contributed by atoms with Crippen molar-refractivity contribution in [3.8, 4) is 0 Å². The summed E-state index contributed by atoms with van der Waals surface area (Å²) < 4.78 is 3.18. The van der Waals surface area contributed by atoms with Crippen molar-refractivity contribution in [3.05, 3.63) is 68.5 Å². The van der Waals surface area contributed by atoms with Gasteiger partial charge in [0.15, 0.2) is 0 Å². The topological polar surface area (TPSA) is 25.2 Å². The van der Waals surface area contributed by atoms with Gasteiger partial charge in [-0.2, -0.15) is 0 Å². The Hall–Kier alpha value is -1.39. The first-order valence-corrected chi connectivity index (χ1v) is 8.65. The molecule has 2 aliphatic heterocycles. The van der Waals surface area contributed by atoms with Crippen LogP contribution in [-0.4, -0.2) is 22.6 Å². The zero-order chi connectivity index (χ0) is 15.1. The second-order valence-corrected chi connectivity index (χ2v) is 7.34. The predicted molar refractivity (Wildman–Crippen MR) is 91.0 cm³/mol. The van der Waals surface area contributed by atoms with Crippen LogP contribution in [0, 0.1) is 5.92 Å². The van der Waals surface area contributed by atoms with Gasteiger partial charge in [-0.25, -0.2) is 0 Å². The molecule has 2 atom stereocenters. The van der Waals surface area contributed by atoms with Gasteiger partial charge in [0.05, 0.1) is 0 Å². The van der Waals surface area contributed by atoms with E-state index in [1.165, 1.54) is 22.2 Å². The van der Waals surface area contributed by atoms with Gasteiger partial charge in [0.1, 0.15) is 0 Å². The number of rotatable bonds is 2. The number of hydrogen-bond donors (Lipinski definition) is 0. The molecular weight excluding hydrogens is 340 g/mol. The molecule has 1 aromatic carbocycles. The minimum Gasteiger partial charge on any atom is -0.312 e. The van der Waals surface area contributed by atoms with Crippen LogP contribution >= 0.6 is 15.9 Å². The summed E-state index contributed by atoms with van der Waals surface area (Å²) in [5, 5.41) is 0. The molecule has 0 amide bonds. The highest BCUT2D eigenvalue weighted by atomic mass is 79.9. The number of fused-ring (bicyclic) bond motifs is 4. The number of nitrogens with zero attached hydrogens (tertiary/aromatic N) is 2. The molecule has 2 bridgehead atoms. The van der Waals surface area contributed by atoms with Crippen LogP contribution in [0.15, 0.2) is 51.7 Å². The zero-order valence-corrected chi connectivity index (χ0v) is 14.0. The summed E-state index contributed by atoms with van der Waals surface area (Å²) in [6, 6.07) is 14.2. The minimum absolute atomic E-state index is 0.159. The van der Waals surface area contributed by atoms with Crippen LogP contribution in [0.2, 0.25) is 0 Å². The molecule has 0 aliphatic carbocycles. The Morgan fingerprint density at radius 3 is 2.77 bits per heavy atom. The van der Waals surface area contributed by atoms with Crippen LogP contribution in [0.1, 0.15) is 23.6 Å². The number of benzene rings is 1. The maximum Gasteiger partial charge on any atom is 0.250 e. The van der Waals surface area contributed by atoms with Gasteiger partial charge in [0.2, 0.25) is 0 Å². The predicted octanol–water partition coefficient (Wildman–Crippen LogP) is 3.23. The maximum atomic E-state index is 12.1. The SMILES string of the molecule is O=c1cccc2n1C[C@H]1C[C@@H]2CN(Cc2ccccc2Br)C1. The molecule has 1 fully saturated rings. The number of aromatic nitrogens is 1. The van der Waals surface area contributed by atoms with Crippen LogP contribution < -0.4 is 5.56 Å². The van der Waals surface area contributed by atoms with Gasteiger partial charge in [0, 0.05) is 48.3 Å². The molecule has 3 heterocycles. The van der Waals surface area contributed by atoms with E-state index in [1.54, 1.807) is 6.07 Å². The number of pyridine rings is 1. The number of piperidine rings is 1. The Morgan fingerprint density at radius 2 is 1.91 bits per heavy atom. The van der Waals surface area contributed by atoms with E-state index in [-0.39, 0.29) is 5.56 Å². The van der Waals surface area contributed by atoms with E-state index < -0.39 is 0 Å². The van der Waals surface area contributed by atoms with Crippen molar-refractivity contribution in [3.63, 3.8) is 0 Å². The van der Waals surface area contributed by atoms with Crippen molar-refractivity contribution in [2.24, 2.45) is 5.92 Å². The lowest BCUT2D eigenvalue weighted by Crippen LogP contribution is -2.46. The Balaban J connectivity index is 1.59. The smallest absolute Gasteiger partial charge is 0.250 e. The number of hydrogen-bond acceptors (Lipinski definition) is 2. The summed E-state index contributed by atoms with van der Waals surface area (Å²) in [6.45, 7) is 3.98. The Morgan fingerprint density at radius 1 is 1.05 bits per heavy atom. The molecular formula is C18H19BrN2O. The molecule has 114 valence electrons. The Bertz CT molecular complexity index is 755. The van der Waals surface area contributed by atoms with E-state index in [0.717, 1.165) is 26.2 Å². The van der Waals surface area contributed by atoms with Crippen molar-refractivity contribution in [2.75, 3.05) is 13.1 Å². The lowest BCUT2D eigenvalue weighted by Gasteiger charge is -2.42. The van der Waals surface area contributed by atoms with Crippen LogP contribution in [0.25, 0.3) is 0 Å². The normalized spacial score (nSPS) is 24.0. The van der Waals surface area contributed by atoms with E-state index in [9.17, 15) is 4.79 Å². The molecule has 0 radical (unpaired) electrons. The first kappa shape index (κ1) is 14.2. The van der Waals surface area contributed by atoms with Gasteiger partial charge in [-0.05, 0) is 30.0 Å². The molecule has 2 aromatic rings. The van der Waals surface area contributed by atoms with Gasteiger partial charge < -0.3 is 4.57 Å². The lowest BCUT2D eigenvalue weighted by molar-refractivity contribution is 0.114. The van der Waals surface area contributed by atoms with E-state index in [2.05, 4.69) is 51.2 Å². The monoisotopic (exact) mass is 358 g/mol. The average Bonchev–Trinajstić information content (AvgIpc) is 2.51. The molecule has 0 saturated carbocycles. The fourth-order valence-electron chi connectivity index (χ4n) is 3.99. The molecule has 1 aromatic heterocycles. The molecule has 0 unspecified atom stereocenters. The molecule has 0 N–H and O–H groups in total. The Labute approximate surface area is 138 Å². The third-order valence-electron chi connectivity index (χ3n) is 4.91. The maximum absolute atomic E-state index is 12.1. The summed E-state index contributed by atoms with van der Waals surface area (Å²) in [7, 11) is 0. The molecule has 22 heavy (non-hydrogen) atoms. The number of likely N-dealkylation sites (tertiary alicyclic amines) is 1. The van der Waals surface area contributed by atoms with E-state index in [0.29, 0.717) is 11.8 Å². The van der Waals surface area contributed by atoms with Gasteiger partial charge in [0.25, 0.3) is 5.56 Å². The van der Waals surface area contributed by atoms with Crippen molar-refractivity contribution < 1.29 is 0 Å². The van der Waals surface area contributed by atoms with Crippen molar-refractivity contribution in [1.82, 2.24) is 9.47 Å². The van der Waals surface area contributed by atoms with Gasteiger partial charge in [-0.3, -0.25) is 9.69 Å². The molecule has 1 saturated heterocycles. The molecule has 4 rings (SSSR count). The van der Waals surface area contributed by atoms with Crippen molar-refractivity contribution in [2.45, 2.75) is 25.4 Å². The summed E-state index contributed by atoms with van der Waals surface area (Å²) in [5.41, 5.74) is 2.72. The minimum atomic E-state index is 0.159. The fraction of sp³-hybridized carbons (Fsp3) is 0.389. The zero-order valence-electron chi connectivity index (χ0n) is 12.4. The summed E-state index contributed by atoms with van der Waals surface area (Å²) in [4.78, 5) is 14.6. The summed E-state index contributed by atoms with van der Waals surface area (Å²) >= 11 is 3.65. The molecule has 4 heteroatoms. The third-order valence-corrected chi connectivity index (χ3v) is 5.68. The molecule has 0 spiro atoms. The van der Waals surface area contributed by atoms with Gasteiger partial charge >= 0.3 is 0 Å². The van der Waals surface area contributed by atoms with E-state index >= 15 is 0 Å². The van der Waals surface area contributed by atoms with E-state index in [1.807, 2.05) is 10.6 Å². The summed E-state index contributed by atoms with van der Waals surface area (Å²) in [5.74, 6) is 1.08. The quantitative estimate of drug-likeness (QED) is 0.823. The second-order valence-electron chi connectivity index (χ2n) is 6.48. The van der Waals surface area contributed by atoms with Crippen molar-refractivity contribution >= 4 is 15.9 Å². The highest BCUT2D eigenvalue weighted by Crippen LogP contribution is 2.35. The van der Waals surface area contributed by atoms with Crippen LogP contribution in [0.5, 0.6) is 0 Å². The first-order valence-electron chi connectivity index (χ1n) is 7.86. The molecule has 2 aliphatic rings. The Kier molecular flexibility index (Phi) is 3.66. The third kappa shape index (κ3) is 2.55. The van der Waals surface area contributed by atoms with Crippen molar-refractivity contribution in [1.29, 1.82) is 0 Å². The van der Waals surface area contributed by atoms with E-state index in [4.69, 9.17) is 0 Å². The average molecular weight is 359 g/mol. The van der Waals surface area contributed by atoms with Gasteiger partial charge in [-0.1, -0.05) is 40.2 Å². The largest absolute Gasteiger partial charge is 0.312 e. The van der Waals surface area contributed by atoms with Crippen LogP contribution in [-0.2, 0) is 13.1 Å². The van der Waals surface area contributed by atoms with Crippen LogP contribution in [0.4, 0.5) is 0 Å². The van der Waals surface area contributed by atoms with Crippen LogP contribution in [0.3, 0.4) is 0 Å². The lowest BCUT2D eigenvalue weighted by atomic mass is 9.83. The van der Waals surface area contributed by atoms with Gasteiger partial charge in [-0.15, -0.1) is 0 Å². The standard InChI is InChI=1S/C18H19BrN2O/c19-16-5-2-1-4-14(16)11-20-9-13-8-15(12-20)17-6-3-7-18(22)21(17)10-13/h1-7,13,15H,8-12H2/t13-,15+/m0/s1. The second kappa shape index (κ2) is 5.67. The fourth-order valence-corrected chi connectivity index (χ4v) is 4.40. The highest BCUT2D eigenvalue weighted by Gasteiger charge is 2.34. The summed E-state index contributed by atoms with van der Waals surface area (Å²) in [6.07, 6.45) is 1.22.